The highest BCUT2D eigenvalue weighted by molar-refractivity contribution is 6.29. The van der Waals surface area contributed by atoms with Crippen molar-refractivity contribution in [3.63, 3.8) is 0 Å². The van der Waals surface area contributed by atoms with Gasteiger partial charge in [-0.05, 0) is 11.5 Å². The van der Waals surface area contributed by atoms with E-state index in [1.165, 1.54) is 0 Å². The van der Waals surface area contributed by atoms with Crippen LogP contribution in [0.5, 0.6) is 5.75 Å². The lowest BCUT2D eigenvalue weighted by Gasteiger charge is -2.04. The fourth-order valence-corrected chi connectivity index (χ4v) is 1.43. The van der Waals surface area contributed by atoms with Crippen LogP contribution in [-0.2, 0) is 9.59 Å². The second-order valence-electron chi connectivity index (χ2n) is 3.17. The van der Waals surface area contributed by atoms with E-state index in [4.69, 9.17) is 9.84 Å². The Balaban J connectivity index is 2.45. The zero-order valence-corrected chi connectivity index (χ0v) is 8.21. The van der Waals surface area contributed by atoms with Crippen molar-refractivity contribution in [2.75, 3.05) is 0 Å². The minimum absolute atomic E-state index is 0.255. The van der Waals surface area contributed by atoms with E-state index in [1.54, 1.807) is 24.3 Å². The largest absolute Gasteiger partial charge is 0.473 e. The van der Waals surface area contributed by atoms with E-state index >= 15 is 0 Å². The molecule has 2 aromatic carbocycles. The molecule has 0 amide bonds. The van der Waals surface area contributed by atoms with Gasteiger partial charge in [0, 0.05) is 5.39 Å². The zero-order valence-electron chi connectivity index (χ0n) is 8.21. The highest BCUT2D eigenvalue weighted by atomic mass is 16.6. The van der Waals surface area contributed by atoms with Crippen LogP contribution in [0, 0.1) is 0 Å². The Kier molecular flexibility index (Phi) is 2.55. The molecule has 0 radical (unpaired) electrons. The standard InChI is InChI=1S/C12H8O4/c13-11(14)12(15)16-10-7-3-5-8-4-1-2-6-9(8)10/h1-7H,(H,13,14). The Labute approximate surface area is 91.1 Å². The van der Waals surface area contributed by atoms with Crippen LogP contribution >= 0.6 is 0 Å². The number of esters is 1. The van der Waals surface area contributed by atoms with Crippen LogP contribution in [0.2, 0.25) is 0 Å². The number of aliphatic carboxylic acids is 1. The summed E-state index contributed by atoms with van der Waals surface area (Å²) in [6.07, 6.45) is 0. The molecule has 4 heteroatoms. The van der Waals surface area contributed by atoms with E-state index in [2.05, 4.69) is 0 Å². The van der Waals surface area contributed by atoms with Crippen LogP contribution in [-0.4, -0.2) is 17.0 Å². The first-order valence-electron chi connectivity index (χ1n) is 4.61. The molecule has 0 atom stereocenters. The van der Waals surface area contributed by atoms with Gasteiger partial charge in [-0.1, -0.05) is 36.4 Å². The highest BCUT2D eigenvalue weighted by Crippen LogP contribution is 2.25. The number of benzene rings is 2. The van der Waals surface area contributed by atoms with E-state index in [1.807, 2.05) is 18.2 Å². The maximum absolute atomic E-state index is 10.9. The van der Waals surface area contributed by atoms with Gasteiger partial charge in [-0.15, -0.1) is 0 Å². The number of fused-ring (bicyclic) bond motifs is 1. The van der Waals surface area contributed by atoms with Gasteiger partial charge in [0.25, 0.3) is 0 Å². The van der Waals surface area contributed by atoms with Crippen molar-refractivity contribution in [3.8, 4) is 5.75 Å². The van der Waals surface area contributed by atoms with Crippen molar-refractivity contribution in [3.05, 3.63) is 42.5 Å². The molecule has 0 aromatic heterocycles. The molecule has 1 N–H and O–H groups in total. The lowest BCUT2D eigenvalue weighted by atomic mass is 10.1. The number of rotatable bonds is 1. The molecule has 0 aliphatic rings. The topological polar surface area (TPSA) is 63.6 Å². The molecule has 0 aliphatic heterocycles. The Morgan fingerprint density at radius 3 is 2.44 bits per heavy atom. The first kappa shape index (κ1) is 10.2. The molecule has 0 unspecified atom stereocenters. The Hall–Kier alpha value is -2.36. The van der Waals surface area contributed by atoms with Crippen molar-refractivity contribution in [2.45, 2.75) is 0 Å². The molecule has 80 valence electrons. The number of hydrogen-bond donors (Lipinski definition) is 1. The summed E-state index contributed by atoms with van der Waals surface area (Å²) in [5.74, 6) is -2.63. The Morgan fingerprint density at radius 1 is 1.00 bits per heavy atom. The SMILES string of the molecule is O=C(O)C(=O)Oc1cccc2ccccc12. The van der Waals surface area contributed by atoms with E-state index in [0.717, 1.165) is 5.39 Å². The van der Waals surface area contributed by atoms with Gasteiger partial charge >= 0.3 is 11.9 Å². The maximum atomic E-state index is 10.9. The molecule has 0 fully saturated rings. The minimum atomic E-state index is -1.60. The normalized spacial score (nSPS) is 10.0. The molecule has 2 aromatic rings. The molecule has 0 saturated heterocycles. The van der Waals surface area contributed by atoms with Gasteiger partial charge in [0.2, 0.25) is 0 Å². The number of carboxylic acids is 1. The number of carbonyl (C=O) groups excluding carboxylic acids is 1. The summed E-state index contributed by atoms with van der Waals surface area (Å²) in [6, 6.07) is 12.4. The van der Waals surface area contributed by atoms with Gasteiger partial charge in [0.1, 0.15) is 5.75 Å². The molecule has 0 spiro atoms. The lowest BCUT2D eigenvalue weighted by Crippen LogP contribution is -2.19. The van der Waals surface area contributed by atoms with Gasteiger partial charge < -0.3 is 9.84 Å². The van der Waals surface area contributed by atoms with Crippen LogP contribution in [0.3, 0.4) is 0 Å². The first-order valence-corrected chi connectivity index (χ1v) is 4.61. The van der Waals surface area contributed by atoms with Gasteiger partial charge in [-0.3, -0.25) is 0 Å². The second-order valence-corrected chi connectivity index (χ2v) is 3.17. The zero-order chi connectivity index (χ0) is 11.5. The molecular weight excluding hydrogens is 208 g/mol. The van der Waals surface area contributed by atoms with Crippen LogP contribution in [0.4, 0.5) is 0 Å². The third kappa shape index (κ3) is 1.86. The number of carboxylic acid groups (broad SMARTS) is 1. The minimum Gasteiger partial charge on any atom is -0.473 e. The third-order valence-electron chi connectivity index (χ3n) is 2.13. The fourth-order valence-electron chi connectivity index (χ4n) is 1.43. The summed E-state index contributed by atoms with van der Waals surface area (Å²) in [7, 11) is 0. The van der Waals surface area contributed by atoms with Crippen LogP contribution < -0.4 is 4.74 Å². The third-order valence-corrected chi connectivity index (χ3v) is 2.13. The van der Waals surface area contributed by atoms with Crippen LogP contribution in [0.15, 0.2) is 42.5 Å². The van der Waals surface area contributed by atoms with Gasteiger partial charge in [0.15, 0.2) is 0 Å². The van der Waals surface area contributed by atoms with Crippen molar-refractivity contribution < 1.29 is 19.4 Å². The molecule has 0 bridgehead atoms. The first-order chi connectivity index (χ1) is 7.68. The van der Waals surface area contributed by atoms with E-state index in [0.29, 0.717) is 5.39 Å². The summed E-state index contributed by atoms with van der Waals surface area (Å²) < 4.78 is 4.75. The number of ether oxygens (including phenoxy) is 1. The summed E-state index contributed by atoms with van der Waals surface area (Å²) >= 11 is 0. The Morgan fingerprint density at radius 2 is 1.69 bits per heavy atom. The van der Waals surface area contributed by atoms with Crippen LogP contribution in [0.25, 0.3) is 10.8 Å². The molecule has 0 saturated carbocycles. The maximum Gasteiger partial charge on any atom is 0.422 e. The van der Waals surface area contributed by atoms with Gasteiger partial charge in [0.05, 0.1) is 0 Å². The Bertz CT molecular complexity index is 554. The molecule has 0 heterocycles. The summed E-state index contributed by atoms with van der Waals surface area (Å²) in [4.78, 5) is 21.3. The highest BCUT2D eigenvalue weighted by Gasteiger charge is 2.15. The number of hydrogen-bond acceptors (Lipinski definition) is 3. The smallest absolute Gasteiger partial charge is 0.422 e. The quantitative estimate of drug-likeness (QED) is 0.448. The average molecular weight is 216 g/mol. The van der Waals surface area contributed by atoms with Crippen molar-refractivity contribution >= 4 is 22.7 Å². The number of carbonyl (C=O) groups is 2. The van der Waals surface area contributed by atoms with Gasteiger partial charge in [-0.25, -0.2) is 9.59 Å². The van der Waals surface area contributed by atoms with E-state index in [9.17, 15) is 9.59 Å². The summed E-state index contributed by atoms with van der Waals surface area (Å²) in [6.45, 7) is 0. The summed E-state index contributed by atoms with van der Waals surface area (Å²) in [5, 5.41) is 10.0. The molecule has 2 rings (SSSR count). The van der Waals surface area contributed by atoms with Crippen LogP contribution in [0.1, 0.15) is 0 Å². The fraction of sp³-hybridized carbons (Fsp3) is 0. The summed E-state index contributed by atoms with van der Waals surface area (Å²) in [5.41, 5.74) is 0. The molecule has 4 nitrogen and oxygen atoms in total. The van der Waals surface area contributed by atoms with Crippen molar-refractivity contribution in [2.24, 2.45) is 0 Å². The predicted octanol–water partition coefficient (Wildman–Crippen LogP) is 1.83. The molecule has 16 heavy (non-hydrogen) atoms. The molecule has 0 aliphatic carbocycles. The lowest BCUT2D eigenvalue weighted by molar-refractivity contribution is -0.157. The average Bonchev–Trinajstić information content (AvgIpc) is 2.29. The van der Waals surface area contributed by atoms with Crippen molar-refractivity contribution in [1.29, 1.82) is 0 Å². The molecular formula is C12H8O4. The monoisotopic (exact) mass is 216 g/mol. The predicted molar refractivity (Wildman–Crippen MR) is 57.2 cm³/mol. The van der Waals surface area contributed by atoms with Crippen molar-refractivity contribution in [1.82, 2.24) is 0 Å². The second kappa shape index (κ2) is 4.02. The van der Waals surface area contributed by atoms with E-state index in [-0.39, 0.29) is 5.75 Å². The van der Waals surface area contributed by atoms with Gasteiger partial charge in [-0.2, -0.15) is 0 Å². The van der Waals surface area contributed by atoms with E-state index < -0.39 is 11.9 Å².